The van der Waals surface area contributed by atoms with Crippen molar-refractivity contribution in [1.29, 1.82) is 0 Å². The van der Waals surface area contributed by atoms with Crippen LogP contribution in [0.25, 0.3) is 88.1 Å². The Morgan fingerprint density at radius 3 is 1.41 bits per heavy atom. The summed E-state index contributed by atoms with van der Waals surface area (Å²) < 4.78 is 25.3. The lowest BCUT2D eigenvalue weighted by molar-refractivity contribution is 0.626. The van der Waals surface area contributed by atoms with E-state index in [1.807, 2.05) is 6.07 Å². The molecule has 6 heteroatoms. The van der Waals surface area contributed by atoms with E-state index >= 15 is 0 Å². The van der Waals surface area contributed by atoms with E-state index in [-0.39, 0.29) is 5.82 Å². The number of halogens is 1. The molecule has 10 rings (SSSR count). The highest BCUT2D eigenvalue weighted by molar-refractivity contribution is 6.89. The first-order chi connectivity index (χ1) is 25.9. The standard InChI is InChI=1S/C48H41FN2OSi2/c1-53(2,3)35-16-20-45-39(28-35)37-24-30(12-18-43(37)50(45)33-10-8-7-9-11-33)31-13-19-44-38(25-31)40-29-36(54(4,5)6)17-21-46(40)51(44)34-15-23-48-42(27-34)41-26-32(49)14-22-47(41)52-48/h7-29H,1-6H3. The van der Waals surface area contributed by atoms with Crippen molar-refractivity contribution < 1.29 is 8.81 Å². The third kappa shape index (κ3) is 5.12. The number of fused-ring (bicyclic) bond motifs is 9. The van der Waals surface area contributed by atoms with Gasteiger partial charge in [0.05, 0.1) is 38.2 Å². The van der Waals surface area contributed by atoms with Gasteiger partial charge in [0, 0.05) is 43.7 Å². The van der Waals surface area contributed by atoms with E-state index in [0.717, 1.165) is 33.1 Å². The summed E-state index contributed by atoms with van der Waals surface area (Å²) >= 11 is 0. The molecule has 10 aromatic rings. The number of benzene rings is 7. The lowest BCUT2D eigenvalue weighted by Crippen LogP contribution is -2.37. The zero-order chi connectivity index (χ0) is 37.1. The molecule has 0 aliphatic rings. The normalized spacial score (nSPS) is 12.7. The van der Waals surface area contributed by atoms with E-state index < -0.39 is 16.1 Å². The first-order valence-electron chi connectivity index (χ1n) is 18.8. The fourth-order valence-corrected chi connectivity index (χ4v) is 10.7. The second kappa shape index (κ2) is 11.7. The van der Waals surface area contributed by atoms with Crippen LogP contribution in [-0.4, -0.2) is 25.3 Å². The van der Waals surface area contributed by atoms with Gasteiger partial charge in [0.2, 0.25) is 0 Å². The van der Waals surface area contributed by atoms with Crippen LogP contribution in [-0.2, 0) is 0 Å². The summed E-state index contributed by atoms with van der Waals surface area (Å²) in [5.74, 6) is -0.266. The lowest BCUT2D eigenvalue weighted by Gasteiger charge is -2.17. The third-order valence-electron chi connectivity index (χ3n) is 11.3. The predicted molar refractivity (Wildman–Crippen MR) is 234 cm³/mol. The van der Waals surface area contributed by atoms with Gasteiger partial charge in [-0.25, -0.2) is 4.39 Å². The molecular weight excluding hydrogens is 696 g/mol. The van der Waals surface area contributed by atoms with Gasteiger partial charge in [0.25, 0.3) is 0 Å². The van der Waals surface area contributed by atoms with E-state index in [1.165, 1.54) is 65.8 Å². The van der Waals surface area contributed by atoms with Crippen LogP contribution in [0.15, 0.2) is 144 Å². The Bertz CT molecular complexity index is 3140. The van der Waals surface area contributed by atoms with Gasteiger partial charge < -0.3 is 13.6 Å². The first kappa shape index (κ1) is 32.9. The van der Waals surface area contributed by atoms with Gasteiger partial charge in [-0.2, -0.15) is 0 Å². The van der Waals surface area contributed by atoms with E-state index in [1.54, 1.807) is 12.1 Å². The van der Waals surface area contributed by atoms with Crippen molar-refractivity contribution in [2.45, 2.75) is 39.3 Å². The van der Waals surface area contributed by atoms with Crippen molar-refractivity contribution in [3.63, 3.8) is 0 Å². The number of nitrogens with zero attached hydrogens (tertiary/aromatic N) is 2. The first-order valence-corrected chi connectivity index (χ1v) is 25.8. The molecule has 0 unspecified atom stereocenters. The molecule has 54 heavy (non-hydrogen) atoms. The van der Waals surface area contributed by atoms with E-state index in [9.17, 15) is 4.39 Å². The average Bonchev–Trinajstić information content (AvgIpc) is 3.80. The number of aromatic nitrogens is 2. The van der Waals surface area contributed by atoms with Gasteiger partial charge in [-0.1, -0.05) is 104 Å². The van der Waals surface area contributed by atoms with Crippen LogP contribution < -0.4 is 10.4 Å². The van der Waals surface area contributed by atoms with Crippen molar-refractivity contribution in [1.82, 2.24) is 9.13 Å². The van der Waals surface area contributed by atoms with Gasteiger partial charge in [-0.05, 0) is 96.1 Å². The van der Waals surface area contributed by atoms with Crippen molar-refractivity contribution in [3.05, 3.63) is 145 Å². The summed E-state index contributed by atoms with van der Waals surface area (Å²) in [4.78, 5) is 0. The van der Waals surface area contributed by atoms with Crippen molar-refractivity contribution in [3.8, 4) is 22.5 Å². The molecule has 0 amide bonds. The summed E-state index contributed by atoms with van der Waals surface area (Å²) in [6.45, 7) is 14.5. The van der Waals surface area contributed by atoms with Crippen molar-refractivity contribution in [2.75, 3.05) is 0 Å². The molecule has 0 saturated carbocycles. The molecule has 0 radical (unpaired) electrons. The molecular formula is C48H41FN2OSi2. The molecule has 3 nitrogen and oxygen atoms in total. The molecule has 0 fully saturated rings. The Labute approximate surface area is 315 Å². The molecule has 0 aliphatic heterocycles. The number of para-hydroxylation sites is 1. The summed E-state index contributed by atoms with van der Waals surface area (Å²) in [5.41, 5.74) is 10.8. The fraction of sp³-hybridized carbons (Fsp3) is 0.125. The molecule has 0 saturated heterocycles. The molecule has 0 atom stereocenters. The maximum Gasteiger partial charge on any atom is 0.135 e. The highest BCUT2D eigenvalue weighted by Crippen LogP contribution is 2.39. The number of rotatable bonds is 5. The van der Waals surface area contributed by atoms with Crippen LogP contribution in [0.2, 0.25) is 39.3 Å². The monoisotopic (exact) mass is 736 g/mol. The Kier molecular flexibility index (Phi) is 7.10. The second-order valence-electron chi connectivity index (χ2n) is 16.9. The quantitative estimate of drug-likeness (QED) is 0.161. The number of hydrogen-bond acceptors (Lipinski definition) is 1. The highest BCUT2D eigenvalue weighted by Gasteiger charge is 2.22. The van der Waals surface area contributed by atoms with Gasteiger partial charge in [0.1, 0.15) is 17.0 Å². The maximum atomic E-state index is 14.4. The molecule has 3 aromatic heterocycles. The van der Waals surface area contributed by atoms with E-state index in [2.05, 4.69) is 164 Å². The third-order valence-corrected chi connectivity index (χ3v) is 15.4. The number of furan rings is 1. The Hall–Kier alpha value is -5.70. The van der Waals surface area contributed by atoms with Crippen LogP contribution in [0, 0.1) is 5.82 Å². The molecule has 0 spiro atoms. The summed E-state index contributed by atoms with van der Waals surface area (Å²) in [5, 5.41) is 9.63. The van der Waals surface area contributed by atoms with Gasteiger partial charge in [-0.15, -0.1) is 0 Å². The molecule has 0 aliphatic carbocycles. The second-order valence-corrected chi connectivity index (χ2v) is 27.0. The summed E-state index contributed by atoms with van der Waals surface area (Å²) in [6, 6.07) is 49.8. The van der Waals surface area contributed by atoms with Crippen molar-refractivity contribution >= 4 is 92.1 Å². The highest BCUT2D eigenvalue weighted by atomic mass is 28.3. The Morgan fingerprint density at radius 2 is 0.870 bits per heavy atom. The zero-order valence-corrected chi connectivity index (χ0v) is 33.5. The topological polar surface area (TPSA) is 23.0 Å². The van der Waals surface area contributed by atoms with E-state index in [4.69, 9.17) is 4.42 Å². The molecule has 3 heterocycles. The van der Waals surface area contributed by atoms with Crippen LogP contribution in [0.3, 0.4) is 0 Å². The molecule has 0 bridgehead atoms. The van der Waals surface area contributed by atoms with E-state index in [0.29, 0.717) is 5.58 Å². The summed E-state index contributed by atoms with van der Waals surface area (Å²) in [7, 11) is -3.15. The molecule has 264 valence electrons. The van der Waals surface area contributed by atoms with Gasteiger partial charge in [-0.3, -0.25) is 0 Å². The molecule has 7 aromatic carbocycles. The molecule has 0 N–H and O–H groups in total. The SMILES string of the molecule is C[Si](C)(C)c1ccc2c(c1)c1cc(-c3ccc4c(c3)c3cc([Si](C)(C)C)ccc3n4-c3ccc4oc5ccc(F)cc5c4c3)ccc1n2-c1ccccc1. The van der Waals surface area contributed by atoms with Gasteiger partial charge >= 0.3 is 0 Å². The fourth-order valence-electron chi connectivity index (χ4n) is 8.35. The maximum absolute atomic E-state index is 14.4. The minimum Gasteiger partial charge on any atom is -0.456 e. The van der Waals surface area contributed by atoms with Crippen LogP contribution in [0.5, 0.6) is 0 Å². The Balaban J connectivity index is 1.21. The van der Waals surface area contributed by atoms with Gasteiger partial charge in [0.15, 0.2) is 0 Å². The largest absolute Gasteiger partial charge is 0.456 e. The lowest BCUT2D eigenvalue weighted by atomic mass is 10.0. The van der Waals surface area contributed by atoms with Crippen LogP contribution in [0.1, 0.15) is 0 Å². The van der Waals surface area contributed by atoms with Crippen LogP contribution >= 0.6 is 0 Å². The van der Waals surface area contributed by atoms with Crippen LogP contribution in [0.4, 0.5) is 4.39 Å². The average molecular weight is 737 g/mol. The minimum atomic E-state index is -1.61. The van der Waals surface area contributed by atoms with Crippen molar-refractivity contribution in [2.24, 2.45) is 0 Å². The predicted octanol–water partition coefficient (Wildman–Crippen LogP) is 12.7. The number of hydrogen-bond donors (Lipinski definition) is 0. The zero-order valence-electron chi connectivity index (χ0n) is 31.5. The summed E-state index contributed by atoms with van der Waals surface area (Å²) in [6.07, 6.45) is 0. The Morgan fingerprint density at radius 1 is 0.407 bits per heavy atom. The minimum absolute atomic E-state index is 0.266. The smallest absolute Gasteiger partial charge is 0.135 e.